The SMILES string of the molecule is CNCc1csc(-c2cc(F)ccc2Cl)c1. The molecule has 16 heavy (non-hydrogen) atoms. The van der Waals surface area contributed by atoms with Crippen molar-refractivity contribution in [1.29, 1.82) is 0 Å². The first-order chi connectivity index (χ1) is 7.70. The summed E-state index contributed by atoms with van der Waals surface area (Å²) in [4.78, 5) is 0.995. The Morgan fingerprint density at radius 2 is 2.19 bits per heavy atom. The summed E-state index contributed by atoms with van der Waals surface area (Å²) in [7, 11) is 1.90. The molecule has 0 saturated carbocycles. The van der Waals surface area contributed by atoms with Crippen LogP contribution in [0.5, 0.6) is 0 Å². The minimum Gasteiger partial charge on any atom is -0.316 e. The lowest BCUT2D eigenvalue weighted by Gasteiger charge is -2.00. The molecular weight excluding hydrogens is 245 g/mol. The third-order valence-electron chi connectivity index (χ3n) is 2.23. The van der Waals surface area contributed by atoms with Crippen molar-refractivity contribution in [3.63, 3.8) is 0 Å². The van der Waals surface area contributed by atoms with Crippen molar-refractivity contribution in [1.82, 2.24) is 5.32 Å². The van der Waals surface area contributed by atoms with E-state index < -0.39 is 0 Å². The molecule has 2 rings (SSSR count). The van der Waals surface area contributed by atoms with Crippen LogP contribution in [0.4, 0.5) is 4.39 Å². The van der Waals surface area contributed by atoms with E-state index in [4.69, 9.17) is 11.6 Å². The Balaban J connectivity index is 2.38. The monoisotopic (exact) mass is 255 g/mol. The molecule has 1 aromatic carbocycles. The Labute approximate surface area is 103 Å². The van der Waals surface area contributed by atoms with Crippen molar-refractivity contribution in [2.24, 2.45) is 0 Å². The molecule has 0 aliphatic rings. The van der Waals surface area contributed by atoms with Crippen molar-refractivity contribution in [3.05, 3.63) is 46.0 Å². The predicted octanol–water partition coefficient (Wildman–Crippen LogP) is 3.93. The first kappa shape index (κ1) is 11.6. The zero-order chi connectivity index (χ0) is 11.5. The maximum atomic E-state index is 13.1. The van der Waals surface area contributed by atoms with Crippen molar-refractivity contribution in [2.75, 3.05) is 7.05 Å². The van der Waals surface area contributed by atoms with Crippen LogP contribution in [0.3, 0.4) is 0 Å². The first-order valence-electron chi connectivity index (χ1n) is 4.88. The number of rotatable bonds is 3. The zero-order valence-electron chi connectivity index (χ0n) is 8.76. The molecule has 84 valence electrons. The zero-order valence-corrected chi connectivity index (χ0v) is 10.3. The average Bonchev–Trinajstić information content (AvgIpc) is 2.71. The Morgan fingerprint density at radius 1 is 1.38 bits per heavy atom. The molecule has 1 nitrogen and oxygen atoms in total. The molecule has 0 aliphatic carbocycles. The molecule has 0 unspecified atom stereocenters. The fourth-order valence-corrected chi connectivity index (χ4v) is 2.72. The number of hydrogen-bond acceptors (Lipinski definition) is 2. The smallest absolute Gasteiger partial charge is 0.123 e. The van der Waals surface area contributed by atoms with Crippen LogP contribution in [-0.2, 0) is 6.54 Å². The molecule has 0 atom stereocenters. The van der Waals surface area contributed by atoms with Crippen LogP contribution < -0.4 is 5.32 Å². The second-order valence-electron chi connectivity index (χ2n) is 3.47. The van der Waals surface area contributed by atoms with Gasteiger partial charge < -0.3 is 5.32 Å². The number of hydrogen-bond donors (Lipinski definition) is 1. The molecule has 4 heteroatoms. The van der Waals surface area contributed by atoms with Crippen molar-refractivity contribution >= 4 is 22.9 Å². The molecule has 1 heterocycles. The summed E-state index contributed by atoms with van der Waals surface area (Å²) in [5, 5.41) is 5.71. The van der Waals surface area contributed by atoms with Crippen LogP contribution in [0.25, 0.3) is 10.4 Å². The fourth-order valence-electron chi connectivity index (χ4n) is 1.50. The second kappa shape index (κ2) is 4.95. The number of halogens is 2. The van der Waals surface area contributed by atoms with E-state index in [2.05, 4.69) is 5.32 Å². The maximum absolute atomic E-state index is 13.1. The van der Waals surface area contributed by atoms with Gasteiger partial charge >= 0.3 is 0 Å². The van der Waals surface area contributed by atoms with Crippen LogP contribution in [0.2, 0.25) is 5.02 Å². The third kappa shape index (κ3) is 2.43. The topological polar surface area (TPSA) is 12.0 Å². The van der Waals surface area contributed by atoms with Gasteiger partial charge in [-0.25, -0.2) is 4.39 Å². The molecule has 0 aliphatic heterocycles. The van der Waals surface area contributed by atoms with Crippen LogP contribution >= 0.6 is 22.9 Å². The Morgan fingerprint density at radius 3 is 2.94 bits per heavy atom. The van der Waals surface area contributed by atoms with Crippen LogP contribution in [-0.4, -0.2) is 7.05 Å². The molecule has 1 N–H and O–H groups in total. The third-order valence-corrected chi connectivity index (χ3v) is 3.57. The highest BCUT2D eigenvalue weighted by molar-refractivity contribution is 7.13. The van der Waals surface area contributed by atoms with Gasteiger partial charge in [0, 0.05) is 22.0 Å². The highest BCUT2D eigenvalue weighted by atomic mass is 35.5. The van der Waals surface area contributed by atoms with Gasteiger partial charge in [-0.2, -0.15) is 0 Å². The van der Waals surface area contributed by atoms with E-state index in [-0.39, 0.29) is 5.82 Å². The molecule has 0 amide bonds. The molecule has 0 fully saturated rings. The molecule has 1 aromatic heterocycles. The van der Waals surface area contributed by atoms with E-state index in [9.17, 15) is 4.39 Å². The Hall–Kier alpha value is -0.900. The molecule has 0 saturated heterocycles. The van der Waals surface area contributed by atoms with E-state index in [0.29, 0.717) is 5.02 Å². The van der Waals surface area contributed by atoms with Gasteiger partial charge in [-0.05, 0) is 42.3 Å². The summed E-state index contributed by atoms with van der Waals surface area (Å²) in [5.41, 5.74) is 1.94. The summed E-state index contributed by atoms with van der Waals surface area (Å²) in [6.45, 7) is 0.809. The highest BCUT2D eigenvalue weighted by Crippen LogP contribution is 2.33. The largest absolute Gasteiger partial charge is 0.316 e. The van der Waals surface area contributed by atoms with Gasteiger partial charge in [0.05, 0.1) is 0 Å². The molecular formula is C12H11ClFNS. The number of benzene rings is 1. The number of nitrogens with one attached hydrogen (secondary N) is 1. The van der Waals surface area contributed by atoms with Gasteiger partial charge in [-0.3, -0.25) is 0 Å². The van der Waals surface area contributed by atoms with Gasteiger partial charge in [0.25, 0.3) is 0 Å². The Kier molecular flexibility index (Phi) is 3.59. The summed E-state index contributed by atoms with van der Waals surface area (Å²) in [5.74, 6) is -0.261. The van der Waals surface area contributed by atoms with Gasteiger partial charge in [-0.1, -0.05) is 11.6 Å². The fraction of sp³-hybridized carbons (Fsp3) is 0.167. The second-order valence-corrected chi connectivity index (χ2v) is 4.79. The average molecular weight is 256 g/mol. The quantitative estimate of drug-likeness (QED) is 0.876. The normalized spacial score (nSPS) is 10.7. The van der Waals surface area contributed by atoms with Crippen LogP contribution in [0.15, 0.2) is 29.6 Å². The Bertz CT molecular complexity index is 496. The lowest BCUT2D eigenvalue weighted by Crippen LogP contribution is -2.03. The highest BCUT2D eigenvalue weighted by Gasteiger charge is 2.07. The van der Waals surface area contributed by atoms with Gasteiger partial charge in [-0.15, -0.1) is 11.3 Å². The minimum absolute atomic E-state index is 0.261. The van der Waals surface area contributed by atoms with E-state index in [0.717, 1.165) is 17.0 Å². The summed E-state index contributed by atoms with van der Waals surface area (Å²) in [6.07, 6.45) is 0. The van der Waals surface area contributed by atoms with Crippen molar-refractivity contribution < 1.29 is 4.39 Å². The van der Waals surface area contributed by atoms with Crippen LogP contribution in [0.1, 0.15) is 5.56 Å². The van der Waals surface area contributed by atoms with E-state index in [1.54, 1.807) is 17.4 Å². The summed E-state index contributed by atoms with van der Waals surface area (Å²) >= 11 is 7.62. The molecule has 0 bridgehead atoms. The first-order valence-corrected chi connectivity index (χ1v) is 6.14. The van der Waals surface area contributed by atoms with E-state index in [1.165, 1.54) is 17.7 Å². The molecule has 0 radical (unpaired) electrons. The summed E-state index contributed by atoms with van der Waals surface area (Å²) < 4.78 is 13.1. The standard InChI is InChI=1S/C12H11ClFNS/c1-15-6-8-4-12(16-7-8)10-5-9(14)2-3-11(10)13/h2-5,7,15H,6H2,1H3. The number of thiophene rings is 1. The lowest BCUT2D eigenvalue weighted by molar-refractivity contribution is 0.628. The molecule has 0 spiro atoms. The predicted molar refractivity (Wildman–Crippen MR) is 67.5 cm³/mol. The van der Waals surface area contributed by atoms with E-state index in [1.807, 2.05) is 18.5 Å². The molecule has 2 aromatic rings. The van der Waals surface area contributed by atoms with Crippen LogP contribution in [0, 0.1) is 5.82 Å². The van der Waals surface area contributed by atoms with Crippen molar-refractivity contribution in [2.45, 2.75) is 6.54 Å². The van der Waals surface area contributed by atoms with Gasteiger partial charge in [0.15, 0.2) is 0 Å². The summed E-state index contributed by atoms with van der Waals surface area (Å²) in [6, 6.07) is 6.46. The lowest BCUT2D eigenvalue weighted by atomic mass is 10.1. The van der Waals surface area contributed by atoms with Gasteiger partial charge in [0.2, 0.25) is 0 Å². The van der Waals surface area contributed by atoms with Gasteiger partial charge in [0.1, 0.15) is 5.82 Å². The van der Waals surface area contributed by atoms with E-state index >= 15 is 0 Å². The maximum Gasteiger partial charge on any atom is 0.123 e. The van der Waals surface area contributed by atoms with Crippen molar-refractivity contribution in [3.8, 4) is 10.4 Å². The minimum atomic E-state index is -0.261.